The van der Waals surface area contributed by atoms with Gasteiger partial charge in [0.1, 0.15) is 0 Å². The molecule has 1 saturated heterocycles. The maximum Gasteiger partial charge on any atom is 0.258 e. The van der Waals surface area contributed by atoms with Crippen molar-refractivity contribution in [2.75, 3.05) is 6.54 Å². The number of carbonyl (C=O) groups is 1. The number of allylic oxidation sites excluding steroid dienone is 2. The van der Waals surface area contributed by atoms with Gasteiger partial charge in [0, 0.05) is 33.8 Å². The molecule has 2 aromatic rings. The normalized spacial score (nSPS) is 21.0. The number of hydrogen-bond donors (Lipinski definition) is 1. The summed E-state index contributed by atoms with van der Waals surface area (Å²) < 4.78 is 0. The summed E-state index contributed by atoms with van der Waals surface area (Å²) in [5.74, 6) is 0.752. The van der Waals surface area contributed by atoms with E-state index in [2.05, 4.69) is 16.3 Å². The molecule has 0 saturated carbocycles. The van der Waals surface area contributed by atoms with Crippen molar-refractivity contribution < 1.29 is 4.79 Å². The number of thiophene rings is 1. The maximum atomic E-state index is 13.0. The molecule has 0 bridgehead atoms. The Labute approximate surface area is 140 Å². The summed E-state index contributed by atoms with van der Waals surface area (Å²) >= 11 is 1.62. The first kappa shape index (κ1) is 14.7. The molecule has 1 N–H and O–H groups in total. The molecule has 0 spiro atoms. The predicted octanol–water partition coefficient (Wildman–Crippen LogP) is 4.37. The Morgan fingerprint density at radius 3 is 3.09 bits per heavy atom. The number of H-pyrrole nitrogens is 1. The van der Waals surface area contributed by atoms with Gasteiger partial charge in [-0.1, -0.05) is 6.08 Å². The van der Waals surface area contributed by atoms with E-state index in [1.165, 1.54) is 25.0 Å². The SMILES string of the molecule is Cc1[nH]ncc1-c1cc(C(=O)N2CCCC3CCCC=C32)cs1. The quantitative estimate of drug-likeness (QED) is 0.890. The number of aromatic amines is 1. The van der Waals surface area contributed by atoms with Crippen LogP contribution < -0.4 is 0 Å². The van der Waals surface area contributed by atoms with Crippen LogP contribution in [0.2, 0.25) is 0 Å². The zero-order chi connectivity index (χ0) is 15.8. The molecule has 1 fully saturated rings. The Hall–Kier alpha value is -1.88. The molecule has 1 atom stereocenters. The fourth-order valence-corrected chi connectivity index (χ4v) is 4.69. The van der Waals surface area contributed by atoms with Gasteiger partial charge in [0.05, 0.1) is 11.8 Å². The molecule has 2 aliphatic rings. The number of amides is 1. The third kappa shape index (κ3) is 2.63. The number of piperidine rings is 1. The van der Waals surface area contributed by atoms with Gasteiger partial charge in [-0.25, -0.2) is 0 Å². The zero-order valence-electron chi connectivity index (χ0n) is 13.3. The number of aryl methyl sites for hydroxylation is 1. The van der Waals surface area contributed by atoms with Gasteiger partial charge in [-0.15, -0.1) is 11.3 Å². The van der Waals surface area contributed by atoms with Crippen LogP contribution in [0.4, 0.5) is 0 Å². The summed E-state index contributed by atoms with van der Waals surface area (Å²) in [5, 5.41) is 9.01. The van der Waals surface area contributed by atoms with E-state index in [0.717, 1.165) is 41.1 Å². The average molecular weight is 327 g/mol. The number of carbonyl (C=O) groups excluding carboxylic acids is 1. The highest BCUT2D eigenvalue weighted by Crippen LogP contribution is 2.36. The van der Waals surface area contributed by atoms with Crippen molar-refractivity contribution in [3.63, 3.8) is 0 Å². The van der Waals surface area contributed by atoms with Gasteiger partial charge in [0.2, 0.25) is 0 Å². The number of likely N-dealkylation sites (tertiary alicyclic amines) is 1. The fraction of sp³-hybridized carbons (Fsp3) is 0.444. The van der Waals surface area contributed by atoms with Crippen molar-refractivity contribution in [1.29, 1.82) is 0 Å². The largest absolute Gasteiger partial charge is 0.312 e. The fourth-order valence-electron chi connectivity index (χ4n) is 3.74. The van der Waals surface area contributed by atoms with E-state index in [1.807, 2.05) is 29.5 Å². The van der Waals surface area contributed by atoms with Gasteiger partial charge in [-0.3, -0.25) is 9.89 Å². The number of nitrogens with one attached hydrogen (secondary N) is 1. The van der Waals surface area contributed by atoms with Crippen LogP contribution in [-0.2, 0) is 0 Å². The molecule has 23 heavy (non-hydrogen) atoms. The van der Waals surface area contributed by atoms with Crippen molar-refractivity contribution >= 4 is 17.2 Å². The number of fused-ring (bicyclic) bond motifs is 1. The van der Waals surface area contributed by atoms with Crippen molar-refractivity contribution in [2.24, 2.45) is 5.92 Å². The molecule has 3 heterocycles. The van der Waals surface area contributed by atoms with E-state index in [0.29, 0.717) is 5.92 Å². The lowest BCUT2D eigenvalue weighted by Gasteiger charge is -2.37. The maximum absolute atomic E-state index is 13.0. The molecule has 1 aliphatic carbocycles. The van der Waals surface area contributed by atoms with E-state index < -0.39 is 0 Å². The number of nitrogens with zero attached hydrogens (tertiary/aromatic N) is 2. The number of aromatic nitrogens is 2. The summed E-state index contributed by atoms with van der Waals surface area (Å²) in [6.07, 6.45) is 10.1. The topological polar surface area (TPSA) is 49.0 Å². The molecule has 1 amide bonds. The van der Waals surface area contributed by atoms with Crippen molar-refractivity contribution in [3.05, 3.63) is 40.7 Å². The van der Waals surface area contributed by atoms with Gasteiger partial charge in [0.25, 0.3) is 5.91 Å². The Bertz CT molecular complexity index is 758. The number of rotatable bonds is 2. The highest BCUT2D eigenvalue weighted by molar-refractivity contribution is 7.13. The summed E-state index contributed by atoms with van der Waals surface area (Å²) in [6.45, 7) is 2.86. The van der Waals surface area contributed by atoms with E-state index in [-0.39, 0.29) is 5.91 Å². The molecule has 120 valence electrons. The molecule has 4 rings (SSSR count). The molecule has 1 unspecified atom stereocenters. The van der Waals surface area contributed by atoms with Crippen LogP contribution in [0.3, 0.4) is 0 Å². The first-order chi connectivity index (χ1) is 11.2. The summed E-state index contributed by atoms with van der Waals surface area (Å²) in [7, 11) is 0. The van der Waals surface area contributed by atoms with Gasteiger partial charge in [0.15, 0.2) is 0 Å². The van der Waals surface area contributed by atoms with Gasteiger partial charge >= 0.3 is 0 Å². The molecule has 0 radical (unpaired) electrons. The van der Waals surface area contributed by atoms with Crippen LogP contribution in [0.1, 0.15) is 48.2 Å². The first-order valence-corrected chi connectivity index (χ1v) is 9.23. The van der Waals surface area contributed by atoms with Crippen LogP contribution in [0, 0.1) is 12.8 Å². The second-order valence-corrected chi connectivity index (χ2v) is 7.38. The molecule has 2 aromatic heterocycles. The van der Waals surface area contributed by atoms with Crippen molar-refractivity contribution in [2.45, 2.75) is 39.0 Å². The van der Waals surface area contributed by atoms with Crippen LogP contribution in [0.25, 0.3) is 10.4 Å². The average Bonchev–Trinajstić information content (AvgIpc) is 3.22. The monoisotopic (exact) mass is 327 g/mol. The Morgan fingerprint density at radius 1 is 1.39 bits per heavy atom. The lowest BCUT2D eigenvalue weighted by Crippen LogP contribution is -2.38. The summed E-state index contributed by atoms with van der Waals surface area (Å²) in [4.78, 5) is 16.1. The molecule has 4 nitrogen and oxygen atoms in total. The number of hydrogen-bond acceptors (Lipinski definition) is 3. The Kier molecular flexibility index (Phi) is 3.81. The predicted molar refractivity (Wildman–Crippen MR) is 92.3 cm³/mol. The van der Waals surface area contributed by atoms with E-state index >= 15 is 0 Å². The highest BCUT2D eigenvalue weighted by atomic mass is 32.1. The van der Waals surface area contributed by atoms with Crippen molar-refractivity contribution in [3.8, 4) is 10.4 Å². The minimum Gasteiger partial charge on any atom is -0.312 e. The second kappa shape index (κ2) is 5.96. The summed E-state index contributed by atoms with van der Waals surface area (Å²) in [5.41, 5.74) is 4.21. The Balaban J connectivity index is 1.61. The minimum absolute atomic E-state index is 0.159. The Morgan fingerprint density at radius 2 is 2.26 bits per heavy atom. The molecular weight excluding hydrogens is 306 g/mol. The highest BCUT2D eigenvalue weighted by Gasteiger charge is 2.31. The van der Waals surface area contributed by atoms with Crippen LogP contribution in [0.5, 0.6) is 0 Å². The molecule has 5 heteroatoms. The third-order valence-electron chi connectivity index (χ3n) is 4.96. The first-order valence-electron chi connectivity index (χ1n) is 8.35. The van der Waals surface area contributed by atoms with E-state index in [4.69, 9.17) is 0 Å². The smallest absolute Gasteiger partial charge is 0.258 e. The second-order valence-electron chi connectivity index (χ2n) is 6.46. The molecular formula is C18H21N3OS. The molecule has 0 aromatic carbocycles. The van der Waals surface area contributed by atoms with Crippen molar-refractivity contribution in [1.82, 2.24) is 15.1 Å². The van der Waals surface area contributed by atoms with E-state index in [9.17, 15) is 4.79 Å². The van der Waals surface area contributed by atoms with Gasteiger partial charge in [-0.2, -0.15) is 5.10 Å². The minimum atomic E-state index is 0.159. The standard InChI is InChI=1S/C18H21N3OS/c1-12-15(10-19-20-12)17-9-14(11-23-17)18(22)21-8-4-6-13-5-2-3-7-16(13)21/h7,9-11,13H,2-6,8H2,1H3,(H,19,20). The van der Waals surface area contributed by atoms with Gasteiger partial charge < -0.3 is 4.90 Å². The lowest BCUT2D eigenvalue weighted by molar-refractivity contribution is 0.0749. The third-order valence-corrected chi connectivity index (χ3v) is 5.92. The van der Waals surface area contributed by atoms with Crippen LogP contribution in [0.15, 0.2) is 29.4 Å². The van der Waals surface area contributed by atoms with Gasteiger partial charge in [-0.05, 0) is 51.0 Å². The van der Waals surface area contributed by atoms with Crippen LogP contribution >= 0.6 is 11.3 Å². The summed E-state index contributed by atoms with van der Waals surface area (Å²) in [6, 6.07) is 2.01. The molecule has 1 aliphatic heterocycles. The van der Waals surface area contributed by atoms with Crippen LogP contribution in [-0.4, -0.2) is 27.5 Å². The van der Waals surface area contributed by atoms with E-state index in [1.54, 1.807) is 11.3 Å². The zero-order valence-corrected chi connectivity index (χ0v) is 14.2. The lowest BCUT2D eigenvalue weighted by atomic mass is 9.84.